The van der Waals surface area contributed by atoms with E-state index in [-0.39, 0.29) is 11.6 Å². The number of hydrogen-bond donors (Lipinski definition) is 0. The summed E-state index contributed by atoms with van der Waals surface area (Å²) in [7, 11) is 1.66. The van der Waals surface area contributed by atoms with Crippen LogP contribution in [0.3, 0.4) is 0 Å². The van der Waals surface area contributed by atoms with E-state index in [0.717, 1.165) is 44.5 Å². The summed E-state index contributed by atoms with van der Waals surface area (Å²) in [5, 5.41) is 2.05. The summed E-state index contributed by atoms with van der Waals surface area (Å²) < 4.78 is 16.8. The second-order valence-electron chi connectivity index (χ2n) is 7.73. The number of esters is 1. The molecule has 4 nitrogen and oxygen atoms in total. The van der Waals surface area contributed by atoms with Gasteiger partial charge in [-0.25, -0.2) is 4.79 Å². The predicted octanol–water partition coefficient (Wildman–Crippen LogP) is 7.76. The minimum Gasteiger partial charge on any atom is -0.497 e. The zero-order valence-electron chi connectivity index (χ0n) is 19.3. The van der Waals surface area contributed by atoms with Crippen molar-refractivity contribution in [3.8, 4) is 28.4 Å². The smallest absolute Gasteiger partial charge is 0.349 e. The summed E-state index contributed by atoms with van der Waals surface area (Å²) in [4.78, 5) is 11.8. The van der Waals surface area contributed by atoms with Crippen LogP contribution in [0.1, 0.15) is 18.1 Å². The average molecular weight is 473 g/mol. The molecule has 0 aliphatic carbocycles. The Morgan fingerprint density at radius 3 is 2.32 bits per heavy atom. The molecule has 34 heavy (non-hydrogen) atoms. The molecule has 0 radical (unpaired) electrons. The van der Waals surface area contributed by atoms with Gasteiger partial charge in [0, 0.05) is 10.9 Å². The van der Waals surface area contributed by atoms with Crippen LogP contribution in [0, 0.1) is 6.92 Å². The van der Waals surface area contributed by atoms with Crippen LogP contribution in [0.15, 0.2) is 83.9 Å². The van der Waals surface area contributed by atoms with Crippen molar-refractivity contribution in [3.05, 3.63) is 95.0 Å². The van der Waals surface area contributed by atoms with Crippen molar-refractivity contribution in [2.24, 2.45) is 0 Å². The summed E-state index contributed by atoms with van der Waals surface area (Å²) in [6, 6.07) is 25.7. The fraction of sp³-hybridized carbons (Fsp3) is 0.138. The largest absolute Gasteiger partial charge is 0.497 e. The first-order valence-electron chi connectivity index (χ1n) is 11.0. The number of methoxy groups -OCH3 is 1. The lowest BCUT2D eigenvalue weighted by molar-refractivity contribution is -0.137. The van der Waals surface area contributed by atoms with E-state index in [0.29, 0.717) is 5.75 Å². The number of fused-ring (bicyclic) bond motifs is 1. The lowest BCUT2D eigenvalue weighted by Crippen LogP contribution is -2.03. The van der Waals surface area contributed by atoms with E-state index >= 15 is 0 Å². The SMILES string of the molecule is CCOC(=O)/C(Cl)=C/c1ccc(Oc2c(-c3ccccc3)c(C)cc3cc(OC)ccc23)cc1. The van der Waals surface area contributed by atoms with Crippen LogP contribution < -0.4 is 9.47 Å². The summed E-state index contributed by atoms with van der Waals surface area (Å²) in [6.45, 7) is 4.10. The number of aryl methyl sites for hydroxylation is 1. The Labute approximate surface area is 204 Å². The van der Waals surface area contributed by atoms with Crippen LogP contribution in [0.5, 0.6) is 17.2 Å². The molecule has 0 amide bonds. The lowest BCUT2D eigenvalue weighted by Gasteiger charge is -2.18. The molecule has 0 unspecified atom stereocenters. The molecule has 0 N–H and O–H groups in total. The van der Waals surface area contributed by atoms with E-state index in [4.69, 9.17) is 25.8 Å². The standard InChI is InChI=1S/C29H25ClO4/c1-4-33-29(31)26(30)17-20-10-12-23(13-11-20)34-28-25-15-14-24(32-3)18-22(25)16-19(2)27(28)21-8-6-5-7-9-21/h5-18H,4H2,1-3H3/b26-17-. The van der Waals surface area contributed by atoms with Gasteiger partial charge in [-0.15, -0.1) is 0 Å². The number of ether oxygens (including phenoxy) is 3. The molecule has 0 saturated heterocycles. The van der Waals surface area contributed by atoms with Crippen LogP contribution in [-0.2, 0) is 9.53 Å². The summed E-state index contributed by atoms with van der Waals surface area (Å²) in [5.41, 5.74) is 3.98. The minimum absolute atomic E-state index is 0.0282. The molecular weight excluding hydrogens is 448 g/mol. The third-order valence-corrected chi connectivity index (χ3v) is 5.69. The molecule has 0 aliphatic rings. The first kappa shape index (κ1) is 23.4. The Morgan fingerprint density at radius 2 is 1.65 bits per heavy atom. The van der Waals surface area contributed by atoms with Gasteiger partial charge in [0.2, 0.25) is 0 Å². The Kier molecular flexibility index (Phi) is 7.19. The Morgan fingerprint density at radius 1 is 0.941 bits per heavy atom. The molecule has 172 valence electrons. The van der Waals surface area contributed by atoms with E-state index in [1.54, 1.807) is 20.1 Å². The zero-order valence-corrected chi connectivity index (χ0v) is 20.1. The van der Waals surface area contributed by atoms with Gasteiger partial charge in [0.1, 0.15) is 22.3 Å². The van der Waals surface area contributed by atoms with Crippen molar-refractivity contribution in [2.75, 3.05) is 13.7 Å². The molecule has 0 bridgehead atoms. The Bertz CT molecular complexity index is 1340. The average Bonchev–Trinajstić information content (AvgIpc) is 2.85. The monoisotopic (exact) mass is 472 g/mol. The van der Waals surface area contributed by atoms with Crippen LogP contribution in [-0.4, -0.2) is 19.7 Å². The van der Waals surface area contributed by atoms with Gasteiger partial charge in [-0.1, -0.05) is 60.1 Å². The molecule has 4 aromatic rings. The Hall–Kier alpha value is -3.76. The maximum atomic E-state index is 11.8. The number of rotatable bonds is 7. The third kappa shape index (κ3) is 5.08. The number of carbonyl (C=O) groups is 1. The molecule has 4 aromatic carbocycles. The quantitative estimate of drug-likeness (QED) is 0.203. The molecule has 0 aliphatic heterocycles. The minimum atomic E-state index is -0.543. The molecule has 4 rings (SSSR count). The van der Waals surface area contributed by atoms with Crippen LogP contribution in [0.25, 0.3) is 28.0 Å². The molecule has 0 heterocycles. The summed E-state index contributed by atoms with van der Waals surface area (Å²) in [6.07, 6.45) is 1.58. The summed E-state index contributed by atoms with van der Waals surface area (Å²) >= 11 is 6.06. The second kappa shape index (κ2) is 10.4. The highest BCUT2D eigenvalue weighted by Crippen LogP contribution is 2.42. The Balaban J connectivity index is 1.76. The van der Waals surface area contributed by atoms with E-state index < -0.39 is 5.97 Å². The molecule has 5 heteroatoms. The fourth-order valence-electron chi connectivity index (χ4n) is 3.84. The van der Waals surface area contributed by atoms with Gasteiger partial charge < -0.3 is 14.2 Å². The van der Waals surface area contributed by atoms with E-state index in [1.807, 2.05) is 60.7 Å². The molecule has 0 fully saturated rings. The zero-order chi connectivity index (χ0) is 24.1. The second-order valence-corrected chi connectivity index (χ2v) is 8.14. The number of carbonyl (C=O) groups excluding carboxylic acids is 1. The van der Waals surface area contributed by atoms with Crippen molar-refractivity contribution in [2.45, 2.75) is 13.8 Å². The molecule has 0 saturated carbocycles. The van der Waals surface area contributed by atoms with Gasteiger partial charge in [0.05, 0.1) is 13.7 Å². The maximum Gasteiger partial charge on any atom is 0.349 e. The summed E-state index contributed by atoms with van der Waals surface area (Å²) in [5.74, 6) is 1.69. The van der Waals surface area contributed by atoms with E-state index in [1.165, 1.54) is 0 Å². The van der Waals surface area contributed by atoms with E-state index in [2.05, 4.69) is 25.1 Å². The van der Waals surface area contributed by atoms with Gasteiger partial charge in [-0.05, 0) is 72.3 Å². The predicted molar refractivity (Wildman–Crippen MR) is 138 cm³/mol. The van der Waals surface area contributed by atoms with Gasteiger partial charge in [-0.3, -0.25) is 0 Å². The van der Waals surface area contributed by atoms with Crippen LogP contribution >= 0.6 is 11.6 Å². The first-order chi connectivity index (χ1) is 16.5. The van der Waals surface area contributed by atoms with Crippen LogP contribution in [0.2, 0.25) is 0 Å². The number of hydrogen-bond acceptors (Lipinski definition) is 4. The first-order valence-corrected chi connectivity index (χ1v) is 11.4. The molecule has 0 atom stereocenters. The molecule has 0 spiro atoms. The van der Waals surface area contributed by atoms with Gasteiger partial charge in [0.25, 0.3) is 0 Å². The number of halogens is 1. The molecule has 0 aromatic heterocycles. The fourth-order valence-corrected chi connectivity index (χ4v) is 4.02. The van der Waals surface area contributed by atoms with Gasteiger partial charge in [0.15, 0.2) is 0 Å². The van der Waals surface area contributed by atoms with Crippen molar-refractivity contribution in [3.63, 3.8) is 0 Å². The highest BCUT2D eigenvalue weighted by Gasteiger charge is 2.16. The third-order valence-electron chi connectivity index (χ3n) is 5.42. The molecular formula is C29H25ClO4. The van der Waals surface area contributed by atoms with Crippen molar-refractivity contribution < 1.29 is 19.0 Å². The maximum absolute atomic E-state index is 11.8. The number of benzene rings is 4. The van der Waals surface area contributed by atoms with Gasteiger partial charge in [-0.2, -0.15) is 0 Å². The van der Waals surface area contributed by atoms with Crippen molar-refractivity contribution in [1.29, 1.82) is 0 Å². The van der Waals surface area contributed by atoms with E-state index in [9.17, 15) is 4.79 Å². The highest BCUT2D eigenvalue weighted by atomic mass is 35.5. The highest BCUT2D eigenvalue weighted by molar-refractivity contribution is 6.43. The topological polar surface area (TPSA) is 44.8 Å². The van der Waals surface area contributed by atoms with Gasteiger partial charge >= 0.3 is 5.97 Å². The van der Waals surface area contributed by atoms with Crippen molar-refractivity contribution in [1.82, 2.24) is 0 Å². The van der Waals surface area contributed by atoms with Crippen molar-refractivity contribution >= 4 is 34.4 Å². The lowest BCUT2D eigenvalue weighted by atomic mass is 9.94. The normalized spacial score (nSPS) is 11.4. The van der Waals surface area contributed by atoms with Crippen LogP contribution in [0.4, 0.5) is 0 Å².